The summed E-state index contributed by atoms with van der Waals surface area (Å²) in [5.41, 5.74) is 0. The molecule has 2 aliphatic carbocycles. The first-order valence-corrected chi connectivity index (χ1v) is 8.35. The largest absolute Gasteiger partial charge is 0.0651 e. The van der Waals surface area contributed by atoms with Crippen LogP contribution in [0.25, 0.3) is 0 Å². The third-order valence-electron chi connectivity index (χ3n) is 5.83. The number of hydrogen-bond donors (Lipinski definition) is 0. The number of hydrogen-bond acceptors (Lipinski definition) is 0. The van der Waals surface area contributed by atoms with Crippen molar-refractivity contribution in [3.63, 3.8) is 0 Å². The van der Waals surface area contributed by atoms with E-state index in [-0.39, 0.29) is 0 Å². The molecule has 4 unspecified atom stereocenters. The predicted molar refractivity (Wildman–Crippen MR) is 76.1 cm³/mol. The van der Waals surface area contributed by atoms with E-state index in [1.807, 2.05) is 0 Å². The Morgan fingerprint density at radius 3 is 1.47 bits per heavy atom. The molecule has 17 heavy (non-hydrogen) atoms. The highest BCUT2D eigenvalue weighted by molar-refractivity contribution is 4.79. The lowest BCUT2D eigenvalue weighted by Gasteiger charge is -2.21. The van der Waals surface area contributed by atoms with Crippen molar-refractivity contribution >= 4 is 0 Å². The lowest BCUT2D eigenvalue weighted by molar-refractivity contribution is 0.302. The van der Waals surface area contributed by atoms with E-state index in [9.17, 15) is 0 Å². The highest BCUT2D eigenvalue weighted by Gasteiger charge is 2.28. The van der Waals surface area contributed by atoms with Crippen molar-refractivity contribution in [3.8, 4) is 0 Å². The molecule has 0 aromatic carbocycles. The Morgan fingerprint density at radius 2 is 1.06 bits per heavy atom. The highest BCUT2D eigenvalue weighted by Crippen LogP contribution is 2.40. The molecule has 0 spiro atoms. The summed E-state index contributed by atoms with van der Waals surface area (Å²) < 4.78 is 0. The van der Waals surface area contributed by atoms with Gasteiger partial charge in [-0.25, -0.2) is 0 Å². The highest BCUT2D eigenvalue weighted by atomic mass is 14.3. The zero-order valence-electron chi connectivity index (χ0n) is 12.1. The molecule has 4 atom stereocenters. The van der Waals surface area contributed by atoms with Crippen LogP contribution in [0.15, 0.2) is 0 Å². The summed E-state index contributed by atoms with van der Waals surface area (Å²) in [6, 6.07) is 0. The van der Waals surface area contributed by atoms with Crippen LogP contribution in [0, 0.1) is 23.7 Å². The van der Waals surface area contributed by atoms with Crippen LogP contribution in [-0.2, 0) is 0 Å². The molecule has 100 valence electrons. The maximum Gasteiger partial charge on any atom is -0.0386 e. The minimum Gasteiger partial charge on any atom is -0.0651 e. The minimum absolute atomic E-state index is 1.08. The van der Waals surface area contributed by atoms with E-state index in [1.165, 1.54) is 44.9 Å². The summed E-state index contributed by atoms with van der Waals surface area (Å²) in [6.45, 7) is 4.79. The molecule has 0 amide bonds. The first-order chi connectivity index (χ1) is 8.35. The molecule has 0 saturated heterocycles. The van der Waals surface area contributed by atoms with Gasteiger partial charge in [-0.2, -0.15) is 0 Å². The summed E-state index contributed by atoms with van der Waals surface area (Å²) in [7, 11) is 0. The molecule has 0 radical (unpaired) electrons. The summed E-state index contributed by atoms with van der Waals surface area (Å²) >= 11 is 0. The van der Waals surface area contributed by atoms with Gasteiger partial charge in [0.15, 0.2) is 0 Å². The Morgan fingerprint density at radius 1 is 0.647 bits per heavy atom. The predicted octanol–water partition coefficient (Wildman–Crippen LogP) is 5.81. The Kier molecular flexibility index (Phi) is 5.38. The second-order valence-corrected chi connectivity index (χ2v) is 6.65. The van der Waals surface area contributed by atoms with E-state index in [4.69, 9.17) is 0 Å². The van der Waals surface area contributed by atoms with Crippen LogP contribution in [-0.4, -0.2) is 0 Å². The van der Waals surface area contributed by atoms with Gasteiger partial charge in [-0.3, -0.25) is 0 Å². The zero-order chi connectivity index (χ0) is 12.1. The van der Waals surface area contributed by atoms with Gasteiger partial charge in [0, 0.05) is 0 Å². The molecule has 0 N–H and O–H groups in total. The molecule has 0 aromatic rings. The normalized spacial score (nSPS) is 37.8. The van der Waals surface area contributed by atoms with E-state index in [0.717, 1.165) is 23.7 Å². The van der Waals surface area contributed by atoms with Gasteiger partial charge in [-0.1, -0.05) is 84.5 Å². The molecule has 0 bridgehead atoms. The molecular weight excluding hydrogens is 204 g/mol. The Hall–Kier alpha value is 0. The Balaban J connectivity index is 1.65. The molecule has 2 aliphatic rings. The standard InChI is InChI=1S/C17H32/c1-3-14-8-5-10-16(14)12-7-13-17-11-6-9-15(17)4-2/h14-17H,3-13H2,1-2H3. The molecule has 2 saturated carbocycles. The van der Waals surface area contributed by atoms with Crippen molar-refractivity contribution in [3.05, 3.63) is 0 Å². The van der Waals surface area contributed by atoms with Gasteiger partial charge in [0.1, 0.15) is 0 Å². The van der Waals surface area contributed by atoms with Crippen LogP contribution in [0.4, 0.5) is 0 Å². The van der Waals surface area contributed by atoms with Gasteiger partial charge in [-0.15, -0.1) is 0 Å². The van der Waals surface area contributed by atoms with Crippen molar-refractivity contribution in [2.45, 2.75) is 84.5 Å². The second kappa shape index (κ2) is 6.81. The van der Waals surface area contributed by atoms with Gasteiger partial charge in [0.2, 0.25) is 0 Å². The van der Waals surface area contributed by atoms with E-state index >= 15 is 0 Å². The monoisotopic (exact) mass is 236 g/mol. The van der Waals surface area contributed by atoms with Crippen LogP contribution in [0.5, 0.6) is 0 Å². The summed E-state index contributed by atoms with van der Waals surface area (Å²) in [4.78, 5) is 0. The van der Waals surface area contributed by atoms with Crippen LogP contribution in [0.3, 0.4) is 0 Å². The average molecular weight is 236 g/mol. The van der Waals surface area contributed by atoms with Crippen LogP contribution >= 0.6 is 0 Å². The van der Waals surface area contributed by atoms with E-state index in [2.05, 4.69) is 13.8 Å². The minimum atomic E-state index is 1.08. The molecule has 0 nitrogen and oxygen atoms in total. The average Bonchev–Trinajstić information content (AvgIpc) is 2.97. The van der Waals surface area contributed by atoms with Crippen LogP contribution in [0.1, 0.15) is 84.5 Å². The summed E-state index contributed by atoms with van der Waals surface area (Å²) in [6.07, 6.45) is 16.7. The van der Waals surface area contributed by atoms with Crippen LogP contribution < -0.4 is 0 Å². The fraction of sp³-hybridized carbons (Fsp3) is 1.00. The maximum absolute atomic E-state index is 2.40. The first kappa shape index (κ1) is 13.4. The number of rotatable bonds is 6. The van der Waals surface area contributed by atoms with E-state index in [1.54, 1.807) is 25.7 Å². The van der Waals surface area contributed by atoms with Gasteiger partial charge >= 0.3 is 0 Å². The van der Waals surface area contributed by atoms with Crippen LogP contribution in [0.2, 0.25) is 0 Å². The van der Waals surface area contributed by atoms with Gasteiger partial charge in [-0.05, 0) is 23.7 Å². The first-order valence-electron chi connectivity index (χ1n) is 8.35. The maximum atomic E-state index is 2.40. The molecule has 0 aromatic heterocycles. The SMILES string of the molecule is CCC1CCCC1CCCC1CCCC1CC. The smallest absolute Gasteiger partial charge is 0.0386 e. The summed E-state index contributed by atoms with van der Waals surface area (Å²) in [5.74, 6) is 4.36. The Bertz CT molecular complexity index is 186. The fourth-order valence-corrected chi connectivity index (χ4v) is 4.70. The van der Waals surface area contributed by atoms with Crippen molar-refractivity contribution < 1.29 is 0 Å². The molecule has 2 rings (SSSR count). The van der Waals surface area contributed by atoms with Crippen molar-refractivity contribution in [1.29, 1.82) is 0 Å². The summed E-state index contributed by atoms with van der Waals surface area (Å²) in [5, 5.41) is 0. The van der Waals surface area contributed by atoms with Crippen molar-refractivity contribution in [2.75, 3.05) is 0 Å². The van der Waals surface area contributed by atoms with Gasteiger partial charge < -0.3 is 0 Å². The molecular formula is C17H32. The lowest BCUT2D eigenvalue weighted by Crippen LogP contribution is -2.10. The lowest BCUT2D eigenvalue weighted by atomic mass is 9.85. The van der Waals surface area contributed by atoms with E-state index < -0.39 is 0 Å². The van der Waals surface area contributed by atoms with Gasteiger partial charge in [0.05, 0.1) is 0 Å². The zero-order valence-corrected chi connectivity index (χ0v) is 12.1. The third-order valence-corrected chi connectivity index (χ3v) is 5.83. The Labute approximate surface area is 109 Å². The topological polar surface area (TPSA) is 0 Å². The second-order valence-electron chi connectivity index (χ2n) is 6.65. The van der Waals surface area contributed by atoms with E-state index in [0.29, 0.717) is 0 Å². The quantitative estimate of drug-likeness (QED) is 0.546. The molecule has 2 fully saturated rings. The van der Waals surface area contributed by atoms with Crippen molar-refractivity contribution in [2.24, 2.45) is 23.7 Å². The van der Waals surface area contributed by atoms with Gasteiger partial charge in [0.25, 0.3) is 0 Å². The molecule has 0 heterocycles. The molecule has 0 heteroatoms. The third kappa shape index (κ3) is 3.48. The molecule has 0 aliphatic heterocycles. The fourth-order valence-electron chi connectivity index (χ4n) is 4.70. The van der Waals surface area contributed by atoms with Crippen molar-refractivity contribution in [1.82, 2.24) is 0 Å².